The van der Waals surface area contributed by atoms with Gasteiger partial charge in [-0.3, -0.25) is 14.4 Å². The quantitative estimate of drug-likeness (QED) is 0.0262. The average molecular weight is 881 g/mol. The van der Waals surface area contributed by atoms with E-state index >= 15 is 0 Å². The molecule has 0 amide bonds. The molecule has 63 heavy (non-hydrogen) atoms. The van der Waals surface area contributed by atoms with Crippen molar-refractivity contribution in [1.29, 1.82) is 0 Å². The summed E-state index contributed by atoms with van der Waals surface area (Å²) in [5, 5.41) is 0. The van der Waals surface area contributed by atoms with Crippen LogP contribution in [-0.4, -0.2) is 37.2 Å². The van der Waals surface area contributed by atoms with Crippen molar-refractivity contribution in [2.75, 3.05) is 13.2 Å². The Balaban J connectivity index is 4.38. The number of esters is 3. The molecule has 0 saturated heterocycles. The van der Waals surface area contributed by atoms with Gasteiger partial charge < -0.3 is 14.2 Å². The summed E-state index contributed by atoms with van der Waals surface area (Å²) in [5.41, 5.74) is 0. The van der Waals surface area contributed by atoms with E-state index in [9.17, 15) is 14.4 Å². The highest BCUT2D eigenvalue weighted by Crippen LogP contribution is 2.16. The van der Waals surface area contributed by atoms with Gasteiger partial charge in [0.2, 0.25) is 0 Å². The molecule has 0 radical (unpaired) electrons. The molecule has 0 unspecified atom stereocenters. The van der Waals surface area contributed by atoms with Crippen molar-refractivity contribution in [3.8, 4) is 0 Å². The number of allylic oxidation sites excluding steroid dienone is 10. The molecule has 0 N–H and O–H groups in total. The number of rotatable bonds is 48. The second kappa shape index (κ2) is 51.7. The first-order valence-electron chi connectivity index (χ1n) is 26.8. The van der Waals surface area contributed by atoms with Gasteiger partial charge in [-0.15, -0.1) is 0 Å². The highest BCUT2D eigenvalue weighted by atomic mass is 16.6. The molecule has 0 heterocycles. The van der Waals surface area contributed by atoms with Gasteiger partial charge in [0.25, 0.3) is 0 Å². The van der Waals surface area contributed by atoms with Crippen molar-refractivity contribution < 1.29 is 28.6 Å². The van der Waals surface area contributed by atoms with Crippen LogP contribution in [0.4, 0.5) is 0 Å². The summed E-state index contributed by atoms with van der Waals surface area (Å²) in [7, 11) is 0. The highest BCUT2D eigenvalue weighted by molar-refractivity contribution is 5.71. The van der Waals surface area contributed by atoms with E-state index in [1.165, 1.54) is 128 Å². The van der Waals surface area contributed by atoms with Gasteiger partial charge in [0.1, 0.15) is 13.2 Å². The molecule has 0 aromatic heterocycles. The Labute approximate surface area is 390 Å². The molecule has 0 saturated carbocycles. The van der Waals surface area contributed by atoms with E-state index in [0.29, 0.717) is 19.3 Å². The fraction of sp³-hybridized carbons (Fsp3) is 0.772. The smallest absolute Gasteiger partial charge is 0.306 e. The zero-order valence-corrected chi connectivity index (χ0v) is 41.6. The average Bonchev–Trinajstić information content (AvgIpc) is 3.28. The lowest BCUT2D eigenvalue weighted by Crippen LogP contribution is -2.30. The van der Waals surface area contributed by atoms with Crippen molar-refractivity contribution in [3.05, 3.63) is 60.8 Å². The first-order valence-corrected chi connectivity index (χ1v) is 26.8. The minimum absolute atomic E-state index is 0.0813. The molecule has 0 aromatic carbocycles. The van der Waals surface area contributed by atoms with Crippen LogP contribution in [0, 0.1) is 0 Å². The predicted octanol–water partition coefficient (Wildman–Crippen LogP) is 17.6. The van der Waals surface area contributed by atoms with Gasteiger partial charge in [-0.05, 0) is 64.2 Å². The molecule has 0 fully saturated rings. The van der Waals surface area contributed by atoms with Crippen molar-refractivity contribution in [1.82, 2.24) is 0 Å². The maximum Gasteiger partial charge on any atom is 0.306 e. The SMILES string of the molecule is CC/C=C\C/C=C\C/C=C\C/C=C\C/C=C\CCCCCC(=O)OC[C@H](COC(=O)CCCCCCCCCCCCCCCCC)OC(=O)CCCCCCCCCCCCC. The molecule has 0 aliphatic rings. The normalized spacial score (nSPS) is 12.5. The summed E-state index contributed by atoms with van der Waals surface area (Å²) in [5.74, 6) is -0.907. The van der Waals surface area contributed by atoms with Crippen LogP contribution >= 0.6 is 0 Å². The van der Waals surface area contributed by atoms with Crippen LogP contribution in [0.5, 0.6) is 0 Å². The topological polar surface area (TPSA) is 78.9 Å². The number of hydrogen-bond donors (Lipinski definition) is 0. The molecule has 364 valence electrons. The van der Waals surface area contributed by atoms with Crippen LogP contribution in [0.2, 0.25) is 0 Å². The van der Waals surface area contributed by atoms with E-state index in [0.717, 1.165) is 96.3 Å². The lowest BCUT2D eigenvalue weighted by Gasteiger charge is -2.18. The minimum atomic E-state index is -0.783. The number of carbonyl (C=O) groups is 3. The van der Waals surface area contributed by atoms with Crippen LogP contribution in [0.1, 0.15) is 265 Å². The lowest BCUT2D eigenvalue weighted by molar-refractivity contribution is -0.167. The zero-order chi connectivity index (χ0) is 45.8. The second-order valence-corrected chi connectivity index (χ2v) is 17.8. The monoisotopic (exact) mass is 881 g/mol. The third-order valence-electron chi connectivity index (χ3n) is 11.5. The molecule has 0 spiro atoms. The Morgan fingerprint density at radius 1 is 0.333 bits per heavy atom. The first-order chi connectivity index (χ1) is 31.0. The number of hydrogen-bond acceptors (Lipinski definition) is 6. The Hall–Kier alpha value is -2.89. The summed E-state index contributed by atoms with van der Waals surface area (Å²) >= 11 is 0. The summed E-state index contributed by atoms with van der Waals surface area (Å²) in [4.78, 5) is 38.0. The highest BCUT2D eigenvalue weighted by Gasteiger charge is 2.19. The van der Waals surface area contributed by atoms with Crippen LogP contribution < -0.4 is 0 Å². The van der Waals surface area contributed by atoms with Gasteiger partial charge in [-0.25, -0.2) is 0 Å². The summed E-state index contributed by atoms with van der Waals surface area (Å²) < 4.78 is 16.8. The van der Waals surface area contributed by atoms with Crippen LogP contribution in [0.25, 0.3) is 0 Å². The summed E-state index contributed by atoms with van der Waals surface area (Å²) in [6, 6.07) is 0. The molecular formula is C57H100O6. The van der Waals surface area contributed by atoms with Crippen molar-refractivity contribution in [3.63, 3.8) is 0 Å². The van der Waals surface area contributed by atoms with Gasteiger partial charge in [0.15, 0.2) is 6.10 Å². The summed E-state index contributed by atoms with van der Waals surface area (Å²) in [6.45, 7) is 6.51. The van der Waals surface area contributed by atoms with Gasteiger partial charge in [0, 0.05) is 19.3 Å². The number of unbranched alkanes of at least 4 members (excludes halogenated alkanes) is 27. The maximum atomic E-state index is 12.8. The third-order valence-corrected chi connectivity index (χ3v) is 11.5. The van der Waals surface area contributed by atoms with Gasteiger partial charge >= 0.3 is 17.9 Å². The van der Waals surface area contributed by atoms with Gasteiger partial charge in [0.05, 0.1) is 0 Å². The van der Waals surface area contributed by atoms with E-state index < -0.39 is 6.10 Å². The third kappa shape index (κ3) is 50.0. The fourth-order valence-electron chi connectivity index (χ4n) is 7.53. The predicted molar refractivity (Wildman–Crippen MR) is 270 cm³/mol. The Morgan fingerprint density at radius 3 is 0.968 bits per heavy atom. The summed E-state index contributed by atoms with van der Waals surface area (Å²) in [6.07, 6.45) is 63.5. The van der Waals surface area contributed by atoms with E-state index in [2.05, 4.69) is 81.5 Å². The Morgan fingerprint density at radius 2 is 0.619 bits per heavy atom. The van der Waals surface area contributed by atoms with E-state index in [1.54, 1.807) is 0 Å². The Bertz CT molecular complexity index is 1150. The van der Waals surface area contributed by atoms with E-state index in [1.807, 2.05) is 0 Å². The maximum absolute atomic E-state index is 12.8. The van der Waals surface area contributed by atoms with E-state index in [-0.39, 0.29) is 31.1 Å². The molecule has 0 bridgehead atoms. The molecule has 0 aliphatic carbocycles. The lowest BCUT2D eigenvalue weighted by atomic mass is 10.0. The number of ether oxygens (including phenoxy) is 3. The molecule has 1 atom stereocenters. The fourth-order valence-corrected chi connectivity index (χ4v) is 7.53. The minimum Gasteiger partial charge on any atom is -0.462 e. The molecular weight excluding hydrogens is 781 g/mol. The second-order valence-electron chi connectivity index (χ2n) is 17.8. The standard InChI is InChI=1S/C57H100O6/c1-4-7-10-13-16-19-22-24-26-27-28-29-31-33-36-38-41-44-47-50-56(59)62-53-54(63-57(60)51-48-45-42-39-34-21-18-15-12-9-6-3)52-61-55(58)49-46-43-40-37-35-32-30-25-23-20-17-14-11-8-5-2/h7,10,16,19,24,26,28-29,33,36,54H,4-6,8-9,11-15,17-18,20-23,25,27,30-32,34-35,37-53H2,1-3H3/b10-7-,19-16-,26-24-,29-28-,36-33-/t54-/m0/s1. The van der Waals surface area contributed by atoms with Crippen LogP contribution in [-0.2, 0) is 28.6 Å². The van der Waals surface area contributed by atoms with Crippen molar-refractivity contribution in [2.45, 2.75) is 271 Å². The van der Waals surface area contributed by atoms with Crippen molar-refractivity contribution >= 4 is 17.9 Å². The van der Waals surface area contributed by atoms with Crippen LogP contribution in [0.3, 0.4) is 0 Å². The zero-order valence-electron chi connectivity index (χ0n) is 41.6. The van der Waals surface area contributed by atoms with Crippen molar-refractivity contribution in [2.24, 2.45) is 0 Å². The van der Waals surface area contributed by atoms with Gasteiger partial charge in [-0.2, -0.15) is 0 Å². The molecule has 0 rings (SSSR count). The van der Waals surface area contributed by atoms with Gasteiger partial charge in [-0.1, -0.05) is 242 Å². The van der Waals surface area contributed by atoms with Crippen LogP contribution in [0.15, 0.2) is 60.8 Å². The molecule has 0 aromatic rings. The van der Waals surface area contributed by atoms with E-state index in [4.69, 9.17) is 14.2 Å². The number of carbonyl (C=O) groups excluding carboxylic acids is 3. The molecule has 6 nitrogen and oxygen atoms in total. The molecule has 0 aliphatic heterocycles. The largest absolute Gasteiger partial charge is 0.462 e. The first kappa shape index (κ1) is 60.1. The molecule has 6 heteroatoms. The Kier molecular flexibility index (Phi) is 49.4.